The second-order valence-corrected chi connectivity index (χ2v) is 9.70. The first-order valence-electron chi connectivity index (χ1n) is 6.90. The van der Waals surface area contributed by atoms with Gasteiger partial charge in [0.05, 0.1) is 4.90 Å². The fourth-order valence-electron chi connectivity index (χ4n) is 2.65. The molecule has 2 atom stereocenters. The van der Waals surface area contributed by atoms with Crippen molar-refractivity contribution >= 4 is 33.4 Å². The summed E-state index contributed by atoms with van der Waals surface area (Å²) in [6.07, 6.45) is 0. The van der Waals surface area contributed by atoms with Gasteiger partial charge >= 0.3 is 0 Å². The molecule has 1 aromatic rings. The third-order valence-electron chi connectivity index (χ3n) is 3.66. The predicted octanol–water partition coefficient (Wildman–Crippen LogP) is 2.62. The number of rotatable bonds is 3. The van der Waals surface area contributed by atoms with Crippen molar-refractivity contribution in [1.29, 1.82) is 0 Å². The van der Waals surface area contributed by atoms with E-state index in [0.29, 0.717) is 23.7 Å². The molecule has 0 saturated carbocycles. The Kier molecular flexibility index (Phi) is 5.26. The van der Waals surface area contributed by atoms with Crippen LogP contribution in [0.2, 0.25) is 5.02 Å². The van der Waals surface area contributed by atoms with Gasteiger partial charge in [-0.15, -0.1) is 0 Å². The molecule has 7 heteroatoms. The number of halogens is 1. The Morgan fingerprint density at radius 3 is 2.43 bits per heavy atom. The zero-order valence-corrected chi connectivity index (χ0v) is 14.9. The van der Waals surface area contributed by atoms with E-state index in [1.54, 1.807) is 17.3 Å². The number of benzene rings is 1. The molecule has 0 spiro atoms. The molecule has 2 unspecified atom stereocenters. The van der Waals surface area contributed by atoms with Crippen molar-refractivity contribution < 1.29 is 8.42 Å². The molecule has 1 aromatic carbocycles. The molecule has 2 rings (SSSR count). The molecule has 0 radical (unpaired) electrons. The largest absolute Gasteiger partial charge is 0.326 e. The first-order chi connectivity index (χ1) is 9.75. The summed E-state index contributed by atoms with van der Waals surface area (Å²) in [7, 11) is -3.53. The summed E-state index contributed by atoms with van der Waals surface area (Å²) in [5.41, 5.74) is 7.15. The molecule has 1 aliphatic rings. The molecular weight excluding hydrogens is 328 g/mol. The Morgan fingerprint density at radius 2 is 1.90 bits per heavy atom. The van der Waals surface area contributed by atoms with E-state index in [1.807, 2.05) is 11.8 Å². The molecule has 2 N–H and O–H groups in total. The Balaban J connectivity index is 2.47. The highest BCUT2D eigenvalue weighted by molar-refractivity contribution is 8.00. The van der Waals surface area contributed by atoms with Gasteiger partial charge in [0, 0.05) is 35.2 Å². The van der Waals surface area contributed by atoms with Gasteiger partial charge in [-0.1, -0.05) is 25.4 Å². The van der Waals surface area contributed by atoms with Crippen LogP contribution >= 0.6 is 23.4 Å². The molecule has 1 saturated heterocycles. The van der Waals surface area contributed by atoms with Crippen molar-refractivity contribution in [3.63, 3.8) is 0 Å². The number of sulfonamides is 1. The summed E-state index contributed by atoms with van der Waals surface area (Å²) in [6, 6.07) is 3.26. The van der Waals surface area contributed by atoms with Crippen LogP contribution in [-0.4, -0.2) is 36.3 Å². The van der Waals surface area contributed by atoms with Gasteiger partial charge in [-0.3, -0.25) is 0 Å². The van der Waals surface area contributed by atoms with Crippen molar-refractivity contribution in [1.82, 2.24) is 4.31 Å². The van der Waals surface area contributed by atoms with E-state index in [-0.39, 0.29) is 21.9 Å². The van der Waals surface area contributed by atoms with Gasteiger partial charge < -0.3 is 5.73 Å². The minimum atomic E-state index is -3.53. The van der Waals surface area contributed by atoms with Crippen LogP contribution in [0.3, 0.4) is 0 Å². The van der Waals surface area contributed by atoms with Gasteiger partial charge in [-0.2, -0.15) is 16.1 Å². The highest BCUT2D eigenvalue weighted by Gasteiger charge is 2.33. The van der Waals surface area contributed by atoms with E-state index in [9.17, 15) is 8.42 Å². The average Bonchev–Trinajstić information content (AvgIpc) is 2.39. The zero-order valence-electron chi connectivity index (χ0n) is 12.5. The molecule has 118 valence electrons. The molecule has 1 heterocycles. The maximum absolute atomic E-state index is 12.9. The first-order valence-corrected chi connectivity index (χ1v) is 9.66. The van der Waals surface area contributed by atoms with Gasteiger partial charge in [0.15, 0.2) is 0 Å². The lowest BCUT2D eigenvalue weighted by molar-refractivity contribution is 0.404. The Hall–Kier alpha value is -0.270. The highest BCUT2D eigenvalue weighted by Crippen LogP contribution is 2.32. The van der Waals surface area contributed by atoms with Gasteiger partial charge in [-0.05, 0) is 30.2 Å². The van der Waals surface area contributed by atoms with Gasteiger partial charge in [0.1, 0.15) is 0 Å². The number of nitrogens with two attached hydrogens (primary N) is 1. The minimum Gasteiger partial charge on any atom is -0.326 e. The standard InChI is InChI=1S/C14H21ClN2O2S2/c1-9-7-17(8-10(2)20-9)21(18,19)14-5-13(15)4-12(6-16)11(14)3/h4-5,9-10H,6-8,16H2,1-3H3. The van der Waals surface area contributed by atoms with Crippen LogP contribution in [0.4, 0.5) is 0 Å². The van der Waals surface area contributed by atoms with E-state index in [4.69, 9.17) is 17.3 Å². The van der Waals surface area contributed by atoms with E-state index < -0.39 is 10.0 Å². The smallest absolute Gasteiger partial charge is 0.243 e. The van der Waals surface area contributed by atoms with Crippen molar-refractivity contribution in [2.75, 3.05) is 13.1 Å². The molecule has 4 nitrogen and oxygen atoms in total. The summed E-state index contributed by atoms with van der Waals surface area (Å²) in [5, 5.41) is 0.987. The summed E-state index contributed by atoms with van der Waals surface area (Å²) >= 11 is 7.88. The lowest BCUT2D eigenvalue weighted by Crippen LogP contribution is -2.44. The third-order valence-corrected chi connectivity index (χ3v) is 7.06. The summed E-state index contributed by atoms with van der Waals surface area (Å²) < 4.78 is 27.4. The minimum absolute atomic E-state index is 0.275. The molecule has 0 amide bonds. The maximum Gasteiger partial charge on any atom is 0.243 e. The van der Waals surface area contributed by atoms with Crippen LogP contribution in [-0.2, 0) is 16.6 Å². The number of thioether (sulfide) groups is 1. The SMILES string of the molecule is Cc1c(CN)cc(Cl)cc1S(=O)(=O)N1CC(C)SC(C)C1. The summed E-state index contributed by atoms with van der Waals surface area (Å²) in [5.74, 6) is 0. The molecule has 0 aliphatic carbocycles. The van der Waals surface area contributed by atoms with Crippen LogP contribution in [0, 0.1) is 6.92 Å². The fourth-order valence-corrected chi connectivity index (χ4v) is 6.39. The second kappa shape index (κ2) is 6.46. The van der Waals surface area contributed by atoms with Crippen molar-refractivity contribution in [3.05, 3.63) is 28.3 Å². The van der Waals surface area contributed by atoms with Crippen LogP contribution in [0.1, 0.15) is 25.0 Å². The first kappa shape index (κ1) is 17.1. The van der Waals surface area contributed by atoms with Crippen LogP contribution in [0.5, 0.6) is 0 Å². The van der Waals surface area contributed by atoms with Gasteiger partial charge in [-0.25, -0.2) is 8.42 Å². The molecular formula is C14H21ClN2O2S2. The average molecular weight is 349 g/mol. The predicted molar refractivity (Wildman–Crippen MR) is 89.4 cm³/mol. The Bertz CT molecular complexity index is 624. The Labute approximate surface area is 136 Å². The van der Waals surface area contributed by atoms with Gasteiger partial charge in [0.2, 0.25) is 10.0 Å². The quantitative estimate of drug-likeness (QED) is 0.912. The van der Waals surface area contributed by atoms with Crippen LogP contribution in [0.25, 0.3) is 0 Å². The lowest BCUT2D eigenvalue weighted by Gasteiger charge is -2.34. The summed E-state index contributed by atoms with van der Waals surface area (Å²) in [4.78, 5) is 0.279. The highest BCUT2D eigenvalue weighted by atomic mass is 35.5. The monoisotopic (exact) mass is 348 g/mol. The van der Waals surface area contributed by atoms with Crippen molar-refractivity contribution in [3.8, 4) is 0 Å². The molecule has 1 aliphatic heterocycles. The van der Waals surface area contributed by atoms with E-state index in [1.165, 1.54) is 6.07 Å². The number of nitrogens with zero attached hydrogens (tertiary/aromatic N) is 1. The normalized spacial score (nSPS) is 24.2. The topological polar surface area (TPSA) is 63.4 Å². The van der Waals surface area contributed by atoms with E-state index in [2.05, 4.69) is 13.8 Å². The molecule has 0 bridgehead atoms. The zero-order chi connectivity index (χ0) is 15.8. The second-order valence-electron chi connectivity index (χ2n) is 5.47. The third kappa shape index (κ3) is 3.56. The maximum atomic E-state index is 12.9. The Morgan fingerprint density at radius 1 is 1.33 bits per heavy atom. The van der Waals surface area contributed by atoms with E-state index >= 15 is 0 Å². The van der Waals surface area contributed by atoms with E-state index in [0.717, 1.165) is 5.56 Å². The molecule has 0 aromatic heterocycles. The molecule has 1 fully saturated rings. The van der Waals surface area contributed by atoms with Crippen molar-refractivity contribution in [2.24, 2.45) is 5.73 Å². The van der Waals surface area contributed by atoms with Gasteiger partial charge in [0.25, 0.3) is 0 Å². The fraction of sp³-hybridized carbons (Fsp3) is 0.571. The molecule has 21 heavy (non-hydrogen) atoms. The summed E-state index contributed by atoms with van der Waals surface area (Å²) in [6.45, 7) is 7.23. The number of hydrogen-bond acceptors (Lipinski definition) is 4. The van der Waals surface area contributed by atoms with Crippen LogP contribution in [0.15, 0.2) is 17.0 Å². The lowest BCUT2D eigenvalue weighted by atomic mass is 10.1. The van der Waals surface area contributed by atoms with Crippen molar-refractivity contribution in [2.45, 2.75) is 42.7 Å². The number of hydrogen-bond donors (Lipinski definition) is 1. The van der Waals surface area contributed by atoms with Crippen LogP contribution < -0.4 is 5.73 Å².